The van der Waals surface area contributed by atoms with Crippen molar-refractivity contribution in [2.75, 3.05) is 30.0 Å². The molecule has 2 amide bonds. The summed E-state index contributed by atoms with van der Waals surface area (Å²) in [6.07, 6.45) is 0. The molecule has 0 aliphatic carbocycles. The lowest BCUT2D eigenvalue weighted by Crippen LogP contribution is -2.43. The molecule has 0 fully saturated rings. The van der Waals surface area contributed by atoms with Gasteiger partial charge in [0.25, 0.3) is 5.91 Å². The largest absolute Gasteiger partial charge is 0.482 e. The van der Waals surface area contributed by atoms with Gasteiger partial charge >= 0.3 is 5.97 Å². The van der Waals surface area contributed by atoms with E-state index in [1.165, 1.54) is 16.2 Å². The topological polar surface area (TPSA) is 84.9 Å². The molecular weight excluding hydrogens is 428 g/mol. The molecule has 0 unspecified atom stereocenters. The van der Waals surface area contributed by atoms with Gasteiger partial charge in [-0.25, -0.2) is 4.79 Å². The van der Waals surface area contributed by atoms with Crippen LogP contribution in [0.2, 0.25) is 0 Å². The Labute approximate surface area is 189 Å². The molecule has 7 nitrogen and oxygen atoms in total. The smallest absolute Gasteiger partial charge is 0.341 e. The minimum absolute atomic E-state index is 0.130. The number of amides is 2. The number of esters is 1. The predicted molar refractivity (Wildman–Crippen MR) is 123 cm³/mol. The molecule has 0 radical (unpaired) electrons. The minimum Gasteiger partial charge on any atom is -0.482 e. The molecule has 8 heteroatoms. The molecule has 2 aromatic carbocycles. The van der Waals surface area contributed by atoms with Crippen molar-refractivity contribution < 1.29 is 23.9 Å². The lowest BCUT2D eigenvalue weighted by Gasteiger charge is -2.29. The van der Waals surface area contributed by atoms with Gasteiger partial charge in [-0.1, -0.05) is 36.4 Å². The lowest BCUT2D eigenvalue weighted by atomic mass is 10.0. The maximum atomic E-state index is 12.9. The number of aryl methyl sites for hydroxylation is 1. The highest BCUT2D eigenvalue weighted by Crippen LogP contribution is 2.37. The number of thiophene rings is 1. The van der Waals surface area contributed by atoms with Crippen LogP contribution >= 0.6 is 11.3 Å². The van der Waals surface area contributed by atoms with Crippen molar-refractivity contribution in [3.63, 3.8) is 0 Å². The number of ether oxygens (including phenoxy) is 2. The van der Waals surface area contributed by atoms with Gasteiger partial charge in [0, 0.05) is 10.9 Å². The number of hydrogen-bond acceptors (Lipinski definition) is 6. The van der Waals surface area contributed by atoms with Crippen molar-refractivity contribution in [2.45, 2.75) is 13.8 Å². The third kappa shape index (κ3) is 4.36. The Morgan fingerprint density at radius 2 is 1.97 bits per heavy atom. The van der Waals surface area contributed by atoms with Crippen molar-refractivity contribution >= 4 is 39.8 Å². The Morgan fingerprint density at radius 3 is 2.72 bits per heavy atom. The van der Waals surface area contributed by atoms with Crippen molar-refractivity contribution in [1.29, 1.82) is 0 Å². The van der Waals surface area contributed by atoms with Gasteiger partial charge in [-0.15, -0.1) is 11.3 Å². The molecule has 32 heavy (non-hydrogen) atoms. The number of hydrogen-bond donors (Lipinski definition) is 1. The van der Waals surface area contributed by atoms with Crippen LogP contribution in [0.25, 0.3) is 11.1 Å². The van der Waals surface area contributed by atoms with Crippen LogP contribution in [0.5, 0.6) is 5.75 Å². The number of nitrogens with one attached hydrogen (secondary N) is 1. The molecule has 4 rings (SSSR count). The molecule has 0 saturated carbocycles. The Morgan fingerprint density at radius 1 is 1.19 bits per heavy atom. The summed E-state index contributed by atoms with van der Waals surface area (Å²) in [5, 5.41) is 5.00. The average Bonchev–Trinajstić information content (AvgIpc) is 3.20. The molecular formula is C24H22N2O5S. The van der Waals surface area contributed by atoms with E-state index in [4.69, 9.17) is 9.47 Å². The zero-order chi connectivity index (χ0) is 22.7. The molecule has 0 bridgehead atoms. The van der Waals surface area contributed by atoms with E-state index < -0.39 is 11.9 Å². The van der Waals surface area contributed by atoms with E-state index in [2.05, 4.69) is 5.32 Å². The van der Waals surface area contributed by atoms with Gasteiger partial charge in [0.15, 0.2) is 6.61 Å². The SMILES string of the molecule is CCOC(=O)c1c(-c2ccccc2)csc1NC(=O)CN1C(=O)COc2ccc(C)cc21. The first kappa shape index (κ1) is 21.6. The minimum atomic E-state index is -0.508. The zero-order valence-electron chi connectivity index (χ0n) is 17.7. The Hall–Kier alpha value is -3.65. The first-order chi connectivity index (χ1) is 15.5. The van der Waals surface area contributed by atoms with E-state index in [9.17, 15) is 14.4 Å². The quantitative estimate of drug-likeness (QED) is 0.567. The van der Waals surface area contributed by atoms with Crippen molar-refractivity contribution in [3.05, 3.63) is 65.0 Å². The van der Waals surface area contributed by atoms with E-state index in [1.807, 2.05) is 54.8 Å². The van der Waals surface area contributed by atoms with Crippen LogP contribution in [0.3, 0.4) is 0 Å². The molecule has 0 spiro atoms. The third-order valence-electron chi connectivity index (χ3n) is 4.97. The van der Waals surface area contributed by atoms with Crippen LogP contribution in [0.4, 0.5) is 10.7 Å². The number of carbonyl (C=O) groups is 3. The molecule has 164 valence electrons. The normalized spacial score (nSPS) is 12.7. The highest BCUT2D eigenvalue weighted by molar-refractivity contribution is 7.15. The maximum Gasteiger partial charge on any atom is 0.341 e. The van der Waals surface area contributed by atoms with Crippen LogP contribution in [0, 0.1) is 6.92 Å². The van der Waals surface area contributed by atoms with Crippen LogP contribution in [-0.2, 0) is 14.3 Å². The van der Waals surface area contributed by atoms with E-state index in [0.29, 0.717) is 27.6 Å². The van der Waals surface area contributed by atoms with Crippen LogP contribution in [0.15, 0.2) is 53.9 Å². The standard InChI is InChI=1S/C24H22N2O5S/c1-3-30-24(29)22-17(16-7-5-4-6-8-16)14-32-23(22)25-20(27)12-26-18-11-15(2)9-10-19(18)31-13-21(26)28/h4-11,14H,3,12-13H2,1-2H3,(H,25,27). The number of rotatable bonds is 6. The highest BCUT2D eigenvalue weighted by atomic mass is 32.1. The summed E-state index contributed by atoms with van der Waals surface area (Å²) in [4.78, 5) is 39.5. The monoisotopic (exact) mass is 450 g/mol. The molecule has 2 heterocycles. The average molecular weight is 451 g/mol. The van der Waals surface area contributed by atoms with Crippen LogP contribution in [-0.4, -0.2) is 37.5 Å². The fourth-order valence-corrected chi connectivity index (χ4v) is 4.45. The van der Waals surface area contributed by atoms with Crippen LogP contribution in [0.1, 0.15) is 22.8 Å². The summed E-state index contributed by atoms with van der Waals surface area (Å²) in [6.45, 7) is 3.52. The molecule has 1 N–H and O–H groups in total. The second-order valence-electron chi connectivity index (χ2n) is 7.23. The van der Waals surface area contributed by atoms with Crippen LogP contribution < -0.4 is 15.0 Å². The molecule has 1 aliphatic heterocycles. The Kier molecular flexibility index (Phi) is 6.23. The number of anilines is 2. The van der Waals surface area contributed by atoms with Gasteiger partial charge in [0.1, 0.15) is 22.9 Å². The molecule has 1 aliphatic rings. The third-order valence-corrected chi connectivity index (χ3v) is 5.86. The first-order valence-corrected chi connectivity index (χ1v) is 11.0. The summed E-state index contributed by atoms with van der Waals surface area (Å²) in [6, 6.07) is 14.9. The van der Waals surface area contributed by atoms with Gasteiger partial charge in [-0.2, -0.15) is 0 Å². The Bertz CT molecular complexity index is 1170. The van der Waals surface area contributed by atoms with E-state index in [0.717, 1.165) is 11.1 Å². The summed E-state index contributed by atoms with van der Waals surface area (Å²) < 4.78 is 10.7. The lowest BCUT2D eigenvalue weighted by molar-refractivity contribution is -0.123. The van der Waals surface area contributed by atoms with Crippen molar-refractivity contribution in [3.8, 4) is 16.9 Å². The van der Waals surface area contributed by atoms with Gasteiger partial charge in [0.2, 0.25) is 5.91 Å². The zero-order valence-corrected chi connectivity index (χ0v) is 18.5. The summed E-state index contributed by atoms with van der Waals surface area (Å²) >= 11 is 1.24. The second-order valence-corrected chi connectivity index (χ2v) is 8.11. The molecule has 3 aromatic rings. The van der Waals surface area contributed by atoms with E-state index >= 15 is 0 Å². The van der Waals surface area contributed by atoms with Gasteiger partial charge in [-0.05, 0) is 37.1 Å². The molecule has 0 saturated heterocycles. The summed E-state index contributed by atoms with van der Waals surface area (Å²) in [5.41, 5.74) is 3.34. The number of carbonyl (C=O) groups excluding carboxylic acids is 3. The number of benzene rings is 2. The maximum absolute atomic E-state index is 12.9. The first-order valence-electron chi connectivity index (χ1n) is 10.2. The second kappa shape index (κ2) is 9.23. The van der Waals surface area contributed by atoms with E-state index in [-0.39, 0.29) is 25.7 Å². The number of fused-ring (bicyclic) bond motifs is 1. The summed E-state index contributed by atoms with van der Waals surface area (Å²) in [5.74, 6) is -0.677. The van der Waals surface area contributed by atoms with Crippen molar-refractivity contribution in [2.24, 2.45) is 0 Å². The fourth-order valence-electron chi connectivity index (χ4n) is 3.48. The number of nitrogens with zero attached hydrogens (tertiary/aromatic N) is 1. The van der Waals surface area contributed by atoms with Crippen molar-refractivity contribution in [1.82, 2.24) is 0 Å². The van der Waals surface area contributed by atoms with Gasteiger partial charge < -0.3 is 14.8 Å². The predicted octanol–water partition coefficient (Wildman–Crippen LogP) is 4.26. The summed E-state index contributed by atoms with van der Waals surface area (Å²) in [7, 11) is 0. The molecule has 0 atom stereocenters. The van der Waals surface area contributed by atoms with Gasteiger partial charge in [-0.3, -0.25) is 14.5 Å². The Balaban J connectivity index is 1.60. The van der Waals surface area contributed by atoms with Gasteiger partial charge in [0.05, 0.1) is 12.3 Å². The highest BCUT2D eigenvalue weighted by Gasteiger charge is 2.29. The molecule has 1 aromatic heterocycles. The fraction of sp³-hybridized carbons (Fsp3) is 0.208. The van der Waals surface area contributed by atoms with E-state index in [1.54, 1.807) is 13.0 Å².